The maximum absolute atomic E-state index is 9.25. The molecule has 0 aromatic heterocycles. The van der Waals surface area contributed by atoms with Gasteiger partial charge in [-0.1, -0.05) is 59.9 Å². The second-order valence-corrected chi connectivity index (χ2v) is 6.87. The Balaban J connectivity index is 3.29. The number of hydrogen-bond donors (Lipinski definition) is 2. The van der Waals surface area contributed by atoms with E-state index in [1.807, 2.05) is 0 Å². The van der Waals surface area contributed by atoms with Crippen molar-refractivity contribution < 1.29 is 14.8 Å². The zero-order chi connectivity index (χ0) is 15.7. The quantitative estimate of drug-likeness (QED) is 0.613. The molecule has 0 atom stereocenters. The Morgan fingerprint density at radius 1 is 1.35 bits per heavy atom. The van der Waals surface area contributed by atoms with Crippen molar-refractivity contribution in [2.24, 2.45) is 10.8 Å². The van der Waals surface area contributed by atoms with Gasteiger partial charge in [0.2, 0.25) is 0 Å². The molecule has 0 unspecified atom stereocenters. The van der Waals surface area contributed by atoms with Gasteiger partial charge < -0.3 is 14.8 Å². The van der Waals surface area contributed by atoms with E-state index in [0.29, 0.717) is 17.7 Å². The van der Waals surface area contributed by atoms with E-state index in [1.165, 1.54) is 11.6 Å². The van der Waals surface area contributed by atoms with E-state index in [-0.39, 0.29) is 10.8 Å². The summed E-state index contributed by atoms with van der Waals surface area (Å²) >= 11 is 0. The summed E-state index contributed by atoms with van der Waals surface area (Å²) in [6, 6.07) is 0. The normalized spacial score (nSPS) is 18.9. The molecule has 2 N–H and O–H groups in total. The van der Waals surface area contributed by atoms with Gasteiger partial charge in [-0.15, -0.1) is 0 Å². The van der Waals surface area contributed by atoms with Gasteiger partial charge in [0.1, 0.15) is 5.76 Å². The summed E-state index contributed by atoms with van der Waals surface area (Å²) in [7, 11) is -1.56. The molecule has 1 aliphatic rings. The smallest absolute Gasteiger partial charge is 0.488 e. The molecule has 0 amide bonds. The molecule has 0 radical (unpaired) electrons. The maximum atomic E-state index is 9.25. The van der Waals surface area contributed by atoms with E-state index in [1.54, 1.807) is 6.08 Å². The first-order chi connectivity index (χ1) is 9.00. The van der Waals surface area contributed by atoms with E-state index in [4.69, 9.17) is 4.74 Å². The van der Waals surface area contributed by atoms with E-state index < -0.39 is 7.12 Å². The molecule has 1 heterocycles. The van der Waals surface area contributed by atoms with E-state index in [2.05, 4.69) is 47.8 Å². The molecule has 0 fully saturated rings. The van der Waals surface area contributed by atoms with Crippen molar-refractivity contribution in [2.75, 3.05) is 6.61 Å². The van der Waals surface area contributed by atoms with Crippen molar-refractivity contribution in [3.05, 3.63) is 47.7 Å². The Labute approximate surface area is 122 Å². The van der Waals surface area contributed by atoms with Gasteiger partial charge in [0.05, 0.1) is 6.61 Å². The fourth-order valence-electron chi connectivity index (χ4n) is 2.82. The highest BCUT2D eigenvalue weighted by Crippen LogP contribution is 2.48. The molecule has 3 nitrogen and oxygen atoms in total. The molecule has 0 bridgehead atoms. The molecule has 0 aromatic carbocycles. The summed E-state index contributed by atoms with van der Waals surface area (Å²) in [5, 5.41) is 18.5. The van der Waals surface area contributed by atoms with Gasteiger partial charge in [-0.05, 0) is 16.5 Å². The van der Waals surface area contributed by atoms with Crippen molar-refractivity contribution in [2.45, 2.75) is 34.6 Å². The molecule has 1 rings (SSSR count). The first-order valence-electron chi connectivity index (χ1n) is 6.78. The summed E-state index contributed by atoms with van der Waals surface area (Å²) in [5.41, 5.74) is 2.05. The van der Waals surface area contributed by atoms with Gasteiger partial charge in [0.15, 0.2) is 0 Å². The molecule has 0 spiro atoms. The van der Waals surface area contributed by atoms with Crippen LogP contribution in [0.4, 0.5) is 0 Å². The van der Waals surface area contributed by atoms with Crippen molar-refractivity contribution in [3.8, 4) is 0 Å². The minimum absolute atomic E-state index is 0.0434. The van der Waals surface area contributed by atoms with Crippen LogP contribution in [0.2, 0.25) is 0 Å². The van der Waals surface area contributed by atoms with Crippen LogP contribution < -0.4 is 0 Å². The predicted octanol–water partition coefficient (Wildman–Crippen LogP) is 3.02. The van der Waals surface area contributed by atoms with Crippen LogP contribution >= 0.6 is 0 Å². The van der Waals surface area contributed by atoms with Crippen LogP contribution in [0.3, 0.4) is 0 Å². The lowest BCUT2D eigenvalue weighted by Crippen LogP contribution is -2.24. The lowest BCUT2D eigenvalue weighted by molar-refractivity contribution is 0.186. The topological polar surface area (TPSA) is 49.7 Å². The van der Waals surface area contributed by atoms with Crippen molar-refractivity contribution in [1.29, 1.82) is 0 Å². The number of hydrogen-bond acceptors (Lipinski definition) is 3. The molecular weight excluding hydrogens is 251 g/mol. The van der Waals surface area contributed by atoms with Gasteiger partial charge >= 0.3 is 7.12 Å². The monoisotopic (exact) mass is 276 g/mol. The van der Waals surface area contributed by atoms with Crippen LogP contribution in [-0.4, -0.2) is 23.8 Å². The van der Waals surface area contributed by atoms with Gasteiger partial charge in [-0.2, -0.15) is 0 Å². The molecule has 0 aromatic rings. The Bertz CT molecular complexity index is 476. The molecule has 0 saturated heterocycles. The van der Waals surface area contributed by atoms with E-state index in [9.17, 15) is 10.0 Å². The largest absolute Gasteiger partial charge is 0.492 e. The fourth-order valence-corrected chi connectivity index (χ4v) is 2.82. The minimum Gasteiger partial charge on any atom is -0.492 e. The second kappa shape index (κ2) is 5.62. The molecule has 110 valence electrons. The first-order valence-corrected chi connectivity index (χ1v) is 6.78. The highest BCUT2D eigenvalue weighted by Gasteiger charge is 2.41. The standard InChI is InChI=1S/C16H25BO3/c1-8-12(17(18)19)9-11(2)13-14(15(3,4)5)16(6,7)10-20-13/h8-9,18-19H,1-2,10H2,3-7H3/b12-9+. The van der Waals surface area contributed by atoms with Crippen molar-refractivity contribution >= 4 is 7.12 Å². The molecule has 0 saturated carbocycles. The van der Waals surface area contributed by atoms with Gasteiger partial charge in [0, 0.05) is 11.0 Å². The van der Waals surface area contributed by atoms with E-state index >= 15 is 0 Å². The van der Waals surface area contributed by atoms with Crippen LogP contribution in [-0.2, 0) is 4.74 Å². The zero-order valence-corrected chi connectivity index (χ0v) is 13.2. The molecule has 20 heavy (non-hydrogen) atoms. The zero-order valence-electron chi connectivity index (χ0n) is 13.2. The van der Waals surface area contributed by atoms with Crippen LogP contribution in [0, 0.1) is 10.8 Å². The first kappa shape index (κ1) is 16.8. The Kier molecular flexibility index (Phi) is 4.72. The molecule has 0 aliphatic carbocycles. The third-order valence-corrected chi connectivity index (χ3v) is 3.40. The van der Waals surface area contributed by atoms with E-state index in [0.717, 1.165) is 5.76 Å². The highest BCUT2D eigenvalue weighted by molar-refractivity contribution is 6.51. The lowest BCUT2D eigenvalue weighted by Gasteiger charge is -2.30. The van der Waals surface area contributed by atoms with Crippen molar-refractivity contribution in [1.82, 2.24) is 0 Å². The average molecular weight is 276 g/mol. The minimum atomic E-state index is -1.56. The van der Waals surface area contributed by atoms with Gasteiger partial charge in [-0.25, -0.2) is 0 Å². The average Bonchev–Trinajstić information content (AvgIpc) is 2.60. The third-order valence-electron chi connectivity index (χ3n) is 3.40. The molecule has 4 heteroatoms. The Hall–Kier alpha value is -1.26. The summed E-state index contributed by atoms with van der Waals surface area (Å²) in [6.07, 6.45) is 3.02. The summed E-state index contributed by atoms with van der Waals surface area (Å²) in [5.74, 6) is 0.752. The van der Waals surface area contributed by atoms with Crippen LogP contribution in [0.5, 0.6) is 0 Å². The molecular formula is C16H25BO3. The van der Waals surface area contributed by atoms with Crippen molar-refractivity contribution in [3.63, 3.8) is 0 Å². The Morgan fingerprint density at radius 2 is 1.90 bits per heavy atom. The summed E-state index contributed by atoms with van der Waals surface area (Å²) in [6.45, 7) is 18.9. The van der Waals surface area contributed by atoms with Crippen LogP contribution in [0.1, 0.15) is 34.6 Å². The lowest BCUT2D eigenvalue weighted by atomic mass is 9.71. The fraction of sp³-hybridized carbons (Fsp3) is 0.500. The second-order valence-electron chi connectivity index (χ2n) is 6.87. The number of ether oxygens (including phenoxy) is 1. The number of rotatable bonds is 4. The summed E-state index contributed by atoms with van der Waals surface area (Å²) < 4.78 is 5.83. The predicted molar refractivity (Wildman–Crippen MR) is 83.8 cm³/mol. The SMILES string of the molecule is C=C/C(=C\C(=C)C1=C(C(C)(C)C)C(C)(C)CO1)B(O)O. The van der Waals surface area contributed by atoms with Crippen LogP contribution in [0.15, 0.2) is 47.7 Å². The maximum Gasteiger partial charge on any atom is 0.488 e. The van der Waals surface area contributed by atoms with Crippen LogP contribution in [0.25, 0.3) is 0 Å². The number of allylic oxidation sites excluding steroid dienone is 3. The third kappa shape index (κ3) is 3.44. The summed E-state index contributed by atoms with van der Waals surface area (Å²) in [4.78, 5) is 0. The molecule has 1 aliphatic heterocycles. The van der Waals surface area contributed by atoms with Gasteiger partial charge in [0.25, 0.3) is 0 Å². The Morgan fingerprint density at radius 3 is 2.30 bits per heavy atom. The van der Waals surface area contributed by atoms with Gasteiger partial charge in [-0.3, -0.25) is 0 Å². The highest BCUT2D eigenvalue weighted by atomic mass is 16.5.